The summed E-state index contributed by atoms with van der Waals surface area (Å²) < 4.78 is 0. The summed E-state index contributed by atoms with van der Waals surface area (Å²) in [5.74, 6) is -0.643. The van der Waals surface area contributed by atoms with Crippen molar-refractivity contribution in [3.63, 3.8) is 0 Å². The molecule has 0 radical (unpaired) electrons. The van der Waals surface area contributed by atoms with Gasteiger partial charge in [0.1, 0.15) is 5.69 Å². The molecule has 1 fully saturated rings. The Balaban J connectivity index is 2.11. The SMILES string of the molecule is O=C(O)CC1CCN(c2ccc(Cl)cc2[N+](=O)[O-])CC1. The van der Waals surface area contributed by atoms with Crippen molar-refractivity contribution in [3.8, 4) is 0 Å². The van der Waals surface area contributed by atoms with Gasteiger partial charge in [0.05, 0.1) is 4.92 Å². The lowest BCUT2D eigenvalue weighted by molar-refractivity contribution is -0.384. The molecule has 0 amide bonds. The van der Waals surface area contributed by atoms with Gasteiger partial charge in [0.2, 0.25) is 0 Å². The van der Waals surface area contributed by atoms with Crippen LogP contribution in [0.15, 0.2) is 18.2 Å². The Morgan fingerprint density at radius 2 is 2.10 bits per heavy atom. The smallest absolute Gasteiger partial charge is 0.303 e. The molecule has 0 spiro atoms. The number of carbonyl (C=O) groups is 1. The zero-order valence-corrected chi connectivity index (χ0v) is 11.5. The Morgan fingerprint density at radius 3 is 2.65 bits per heavy atom. The number of nitro groups is 1. The number of hydrogen-bond donors (Lipinski definition) is 1. The maximum absolute atomic E-state index is 11.1. The lowest BCUT2D eigenvalue weighted by Crippen LogP contribution is -2.34. The van der Waals surface area contributed by atoms with Crippen LogP contribution in [-0.2, 0) is 4.79 Å². The van der Waals surface area contributed by atoms with Crippen molar-refractivity contribution in [2.75, 3.05) is 18.0 Å². The van der Waals surface area contributed by atoms with Crippen LogP contribution in [0.3, 0.4) is 0 Å². The van der Waals surface area contributed by atoms with Gasteiger partial charge in [0.25, 0.3) is 5.69 Å². The van der Waals surface area contributed by atoms with E-state index in [0.29, 0.717) is 23.8 Å². The van der Waals surface area contributed by atoms with E-state index in [2.05, 4.69) is 0 Å². The van der Waals surface area contributed by atoms with E-state index in [9.17, 15) is 14.9 Å². The molecule has 6 nitrogen and oxygen atoms in total. The fourth-order valence-electron chi connectivity index (χ4n) is 2.54. The number of piperidine rings is 1. The largest absolute Gasteiger partial charge is 0.481 e. The summed E-state index contributed by atoms with van der Waals surface area (Å²) >= 11 is 5.79. The van der Waals surface area contributed by atoms with Gasteiger partial charge in [0.15, 0.2) is 0 Å². The van der Waals surface area contributed by atoms with E-state index >= 15 is 0 Å². The first kappa shape index (κ1) is 14.6. The molecule has 1 aromatic carbocycles. The number of halogens is 1. The van der Waals surface area contributed by atoms with E-state index in [-0.39, 0.29) is 18.0 Å². The third kappa shape index (κ3) is 3.39. The fraction of sp³-hybridized carbons (Fsp3) is 0.462. The average molecular weight is 299 g/mol. The van der Waals surface area contributed by atoms with Crippen LogP contribution >= 0.6 is 11.6 Å². The maximum atomic E-state index is 11.1. The van der Waals surface area contributed by atoms with Gasteiger partial charge in [-0.15, -0.1) is 0 Å². The second-order valence-electron chi connectivity index (χ2n) is 4.92. The Morgan fingerprint density at radius 1 is 1.45 bits per heavy atom. The molecule has 0 bridgehead atoms. The summed E-state index contributed by atoms with van der Waals surface area (Å²) in [7, 11) is 0. The van der Waals surface area contributed by atoms with Crippen LogP contribution in [0.1, 0.15) is 19.3 Å². The topological polar surface area (TPSA) is 83.7 Å². The quantitative estimate of drug-likeness (QED) is 0.682. The number of nitro benzene ring substituents is 1. The summed E-state index contributed by atoms with van der Waals surface area (Å²) in [6.07, 6.45) is 1.62. The number of rotatable bonds is 4. The fourth-order valence-corrected chi connectivity index (χ4v) is 2.70. The Labute approximate surface area is 121 Å². The van der Waals surface area contributed by atoms with Crippen LogP contribution in [0.2, 0.25) is 5.02 Å². The molecule has 0 unspecified atom stereocenters. The molecule has 1 aliphatic heterocycles. The van der Waals surface area contributed by atoms with Gasteiger partial charge >= 0.3 is 5.97 Å². The molecule has 1 aromatic rings. The molecule has 0 atom stereocenters. The molecule has 0 aromatic heterocycles. The molecule has 108 valence electrons. The number of hydrogen-bond acceptors (Lipinski definition) is 4. The zero-order chi connectivity index (χ0) is 14.7. The number of anilines is 1. The number of carboxylic acid groups (broad SMARTS) is 1. The number of aliphatic carboxylic acids is 1. The van der Waals surface area contributed by atoms with Crippen molar-refractivity contribution in [1.29, 1.82) is 0 Å². The van der Waals surface area contributed by atoms with Gasteiger partial charge in [0, 0.05) is 30.6 Å². The van der Waals surface area contributed by atoms with Crippen molar-refractivity contribution in [2.24, 2.45) is 5.92 Å². The highest BCUT2D eigenvalue weighted by Gasteiger charge is 2.25. The molecule has 1 aliphatic rings. The number of nitrogens with zero attached hydrogens (tertiary/aromatic N) is 2. The second kappa shape index (κ2) is 6.09. The van der Waals surface area contributed by atoms with Crippen molar-refractivity contribution >= 4 is 28.9 Å². The molecule has 1 saturated heterocycles. The van der Waals surface area contributed by atoms with Crippen molar-refractivity contribution in [1.82, 2.24) is 0 Å². The highest BCUT2D eigenvalue weighted by molar-refractivity contribution is 6.30. The molecular weight excluding hydrogens is 284 g/mol. The van der Waals surface area contributed by atoms with Crippen LogP contribution in [0.5, 0.6) is 0 Å². The summed E-state index contributed by atoms with van der Waals surface area (Å²) in [6, 6.07) is 4.63. The Hall–Kier alpha value is -1.82. The van der Waals surface area contributed by atoms with Crippen molar-refractivity contribution in [2.45, 2.75) is 19.3 Å². The predicted molar refractivity (Wildman–Crippen MR) is 75.3 cm³/mol. The average Bonchev–Trinajstić information content (AvgIpc) is 2.39. The first-order valence-electron chi connectivity index (χ1n) is 6.38. The minimum absolute atomic E-state index is 0.00538. The minimum Gasteiger partial charge on any atom is -0.481 e. The first-order chi connectivity index (χ1) is 9.47. The molecule has 1 N–H and O–H groups in total. The Bertz CT molecular complexity index is 527. The molecular formula is C13H15ClN2O4. The molecule has 0 aliphatic carbocycles. The van der Waals surface area contributed by atoms with Crippen LogP contribution in [0.4, 0.5) is 11.4 Å². The van der Waals surface area contributed by atoms with Gasteiger partial charge in [-0.1, -0.05) is 11.6 Å². The van der Waals surface area contributed by atoms with Gasteiger partial charge in [-0.2, -0.15) is 0 Å². The standard InChI is InChI=1S/C13H15ClN2O4/c14-10-1-2-11(12(8-10)16(19)20)15-5-3-9(4-6-15)7-13(17)18/h1-2,8-9H,3-7H2,(H,17,18). The summed E-state index contributed by atoms with van der Waals surface area (Å²) in [6.45, 7) is 1.25. The van der Waals surface area contributed by atoms with Gasteiger partial charge in [-0.05, 0) is 30.9 Å². The van der Waals surface area contributed by atoms with Crippen LogP contribution < -0.4 is 4.90 Å². The van der Waals surface area contributed by atoms with Crippen molar-refractivity contribution in [3.05, 3.63) is 33.3 Å². The van der Waals surface area contributed by atoms with E-state index in [0.717, 1.165) is 12.8 Å². The third-order valence-electron chi connectivity index (χ3n) is 3.55. The van der Waals surface area contributed by atoms with E-state index in [4.69, 9.17) is 16.7 Å². The van der Waals surface area contributed by atoms with E-state index in [1.807, 2.05) is 4.90 Å². The maximum Gasteiger partial charge on any atom is 0.303 e. The van der Waals surface area contributed by atoms with Gasteiger partial charge in [-0.3, -0.25) is 14.9 Å². The summed E-state index contributed by atoms with van der Waals surface area (Å²) in [4.78, 5) is 23.2. The first-order valence-corrected chi connectivity index (χ1v) is 6.76. The lowest BCUT2D eigenvalue weighted by atomic mass is 9.93. The molecule has 1 heterocycles. The number of carboxylic acids is 1. The minimum atomic E-state index is -0.791. The molecule has 0 saturated carbocycles. The monoisotopic (exact) mass is 298 g/mol. The van der Waals surface area contributed by atoms with Crippen LogP contribution in [0, 0.1) is 16.0 Å². The van der Waals surface area contributed by atoms with Gasteiger partial charge in [-0.25, -0.2) is 0 Å². The normalized spacial score (nSPS) is 16.1. The predicted octanol–water partition coefficient (Wildman–Crippen LogP) is 2.94. The van der Waals surface area contributed by atoms with Crippen molar-refractivity contribution < 1.29 is 14.8 Å². The van der Waals surface area contributed by atoms with E-state index in [1.165, 1.54) is 6.07 Å². The van der Waals surface area contributed by atoms with Gasteiger partial charge < -0.3 is 10.0 Å². The molecule has 7 heteroatoms. The Kier molecular flexibility index (Phi) is 4.44. The highest BCUT2D eigenvalue weighted by atomic mass is 35.5. The van der Waals surface area contributed by atoms with Crippen LogP contribution in [-0.4, -0.2) is 29.1 Å². The van der Waals surface area contributed by atoms with Crippen LogP contribution in [0.25, 0.3) is 0 Å². The molecule has 2 rings (SSSR count). The third-order valence-corrected chi connectivity index (χ3v) is 3.79. The summed E-state index contributed by atoms with van der Waals surface area (Å²) in [5, 5.41) is 20.2. The number of benzene rings is 1. The second-order valence-corrected chi connectivity index (χ2v) is 5.35. The highest BCUT2D eigenvalue weighted by Crippen LogP contribution is 2.34. The summed E-state index contributed by atoms with van der Waals surface area (Å²) in [5.41, 5.74) is 0.544. The van der Waals surface area contributed by atoms with E-state index in [1.54, 1.807) is 12.1 Å². The van der Waals surface area contributed by atoms with E-state index < -0.39 is 10.9 Å². The zero-order valence-electron chi connectivity index (χ0n) is 10.8. The lowest BCUT2D eigenvalue weighted by Gasteiger charge is -2.32. The molecule has 20 heavy (non-hydrogen) atoms.